The Kier molecular flexibility index (Phi) is 7.61. The number of nitrogens with one attached hydrogen (secondary N) is 1. The number of thioether (sulfide) groups is 1. The van der Waals surface area contributed by atoms with Gasteiger partial charge in [0.05, 0.1) is 0 Å². The van der Waals surface area contributed by atoms with E-state index in [1.54, 1.807) is 16.9 Å². The fraction of sp³-hybridized carbons (Fsp3) is 0.571. The lowest BCUT2D eigenvalue weighted by atomic mass is 10.2. The van der Waals surface area contributed by atoms with E-state index in [0.29, 0.717) is 17.1 Å². The Morgan fingerprint density at radius 2 is 1.92 bits per heavy atom. The number of benzene rings is 1. The van der Waals surface area contributed by atoms with Gasteiger partial charge in [-0.15, -0.1) is 0 Å². The van der Waals surface area contributed by atoms with Crippen molar-refractivity contribution in [1.82, 2.24) is 9.71 Å². The molecule has 24 heavy (non-hydrogen) atoms. The second-order valence-corrected chi connectivity index (χ2v) is 7.30. The molecular weight excluding hydrogens is 356 g/mol. The van der Waals surface area contributed by atoms with Crippen LogP contribution in [0.1, 0.15) is 6.42 Å². The van der Waals surface area contributed by atoms with E-state index in [9.17, 15) is 13.2 Å². The Morgan fingerprint density at radius 3 is 2.54 bits per heavy atom. The first-order valence-corrected chi connectivity index (χ1v) is 9.29. The van der Waals surface area contributed by atoms with Crippen molar-refractivity contribution < 1.29 is 13.2 Å². The topological polar surface area (TPSA) is 44.5 Å². The molecule has 2 radical (unpaired) electrons. The fourth-order valence-electron chi connectivity index (χ4n) is 2.44. The SMILES string of the molecule is [B]N1CCN(CCCNc2ccc(SN)cc2SC(F)(F)F)CC1. The van der Waals surface area contributed by atoms with Gasteiger partial charge in [-0.25, -0.2) is 0 Å². The molecule has 0 aliphatic carbocycles. The third kappa shape index (κ3) is 6.75. The smallest absolute Gasteiger partial charge is 0.384 e. The third-order valence-corrected chi connectivity index (χ3v) is 5.00. The summed E-state index contributed by atoms with van der Waals surface area (Å²) in [5.74, 6) is 0. The summed E-state index contributed by atoms with van der Waals surface area (Å²) in [6.07, 6.45) is 0.855. The van der Waals surface area contributed by atoms with Crippen LogP contribution in [-0.2, 0) is 0 Å². The molecule has 2 rings (SSSR count). The van der Waals surface area contributed by atoms with Crippen LogP contribution in [0.25, 0.3) is 0 Å². The molecule has 1 aliphatic heterocycles. The van der Waals surface area contributed by atoms with Crippen molar-refractivity contribution >= 4 is 37.4 Å². The van der Waals surface area contributed by atoms with E-state index in [1.165, 1.54) is 6.07 Å². The Balaban J connectivity index is 1.84. The summed E-state index contributed by atoms with van der Waals surface area (Å²) < 4.78 is 38.1. The van der Waals surface area contributed by atoms with Crippen molar-refractivity contribution in [3.05, 3.63) is 18.2 Å². The molecule has 4 nitrogen and oxygen atoms in total. The highest BCUT2D eigenvalue weighted by atomic mass is 32.2. The van der Waals surface area contributed by atoms with E-state index >= 15 is 0 Å². The van der Waals surface area contributed by atoms with Crippen LogP contribution in [-0.4, -0.2) is 62.5 Å². The van der Waals surface area contributed by atoms with Crippen molar-refractivity contribution in [3.63, 3.8) is 0 Å². The van der Waals surface area contributed by atoms with Crippen LogP contribution in [0.5, 0.6) is 0 Å². The van der Waals surface area contributed by atoms with E-state index in [-0.39, 0.29) is 16.7 Å². The molecule has 132 valence electrons. The van der Waals surface area contributed by atoms with Gasteiger partial charge in [0.2, 0.25) is 0 Å². The van der Waals surface area contributed by atoms with Gasteiger partial charge in [0.15, 0.2) is 7.98 Å². The number of anilines is 1. The molecule has 1 saturated heterocycles. The van der Waals surface area contributed by atoms with Crippen LogP contribution >= 0.6 is 23.7 Å². The number of halogens is 3. The largest absolute Gasteiger partial charge is 0.446 e. The highest BCUT2D eigenvalue weighted by Gasteiger charge is 2.30. The number of alkyl halides is 3. The molecule has 0 aromatic heterocycles. The molecule has 0 unspecified atom stereocenters. The lowest BCUT2D eigenvalue weighted by Gasteiger charge is -2.32. The fourth-order valence-corrected chi connectivity index (χ4v) is 3.54. The minimum atomic E-state index is -4.32. The van der Waals surface area contributed by atoms with Crippen LogP contribution in [0.15, 0.2) is 28.0 Å². The zero-order valence-electron chi connectivity index (χ0n) is 13.2. The highest BCUT2D eigenvalue weighted by molar-refractivity contribution is 8.00. The summed E-state index contributed by atoms with van der Waals surface area (Å²) in [5, 5.41) is 8.54. The molecule has 0 saturated carbocycles. The molecule has 1 aromatic rings. The highest BCUT2D eigenvalue weighted by Crippen LogP contribution is 2.41. The molecular formula is C14H20BF3N4S2. The van der Waals surface area contributed by atoms with Crippen molar-refractivity contribution in [3.8, 4) is 0 Å². The molecule has 0 bridgehead atoms. The number of hydrogen-bond acceptors (Lipinski definition) is 6. The van der Waals surface area contributed by atoms with E-state index in [4.69, 9.17) is 13.1 Å². The van der Waals surface area contributed by atoms with E-state index in [0.717, 1.165) is 51.1 Å². The van der Waals surface area contributed by atoms with Crippen molar-refractivity contribution in [2.24, 2.45) is 5.14 Å². The maximum absolute atomic E-state index is 12.7. The Labute approximate surface area is 150 Å². The average Bonchev–Trinajstić information content (AvgIpc) is 2.53. The van der Waals surface area contributed by atoms with Crippen molar-refractivity contribution in [2.45, 2.75) is 21.7 Å². The number of nitrogens with two attached hydrogens (primary N) is 1. The standard InChI is InChI=1S/C14H20BF3N4S2/c15-22-8-6-21(7-9-22)5-1-4-20-12-3-2-11(24-19)10-13(12)23-14(16,17)18/h2-3,10,20H,1,4-9,19H2. The summed E-state index contributed by atoms with van der Waals surface area (Å²) in [6, 6.07) is 4.83. The van der Waals surface area contributed by atoms with Gasteiger partial charge < -0.3 is 15.0 Å². The van der Waals surface area contributed by atoms with Gasteiger partial charge >= 0.3 is 5.51 Å². The lowest BCUT2D eigenvalue weighted by molar-refractivity contribution is -0.0328. The van der Waals surface area contributed by atoms with E-state index in [2.05, 4.69) is 10.2 Å². The number of hydrogen-bond donors (Lipinski definition) is 2. The van der Waals surface area contributed by atoms with Crippen LogP contribution in [0.3, 0.4) is 0 Å². The first-order valence-electron chi connectivity index (χ1n) is 7.60. The molecule has 10 heteroatoms. The minimum absolute atomic E-state index is 0.118. The second-order valence-electron chi connectivity index (χ2n) is 5.48. The summed E-state index contributed by atoms with van der Waals surface area (Å²) in [6.45, 7) is 5.06. The zero-order valence-corrected chi connectivity index (χ0v) is 14.8. The van der Waals surface area contributed by atoms with Gasteiger partial charge in [-0.3, -0.25) is 5.14 Å². The normalized spacial score (nSPS) is 17.2. The molecule has 1 heterocycles. The van der Waals surface area contributed by atoms with Gasteiger partial charge in [-0.05, 0) is 68.0 Å². The maximum Gasteiger partial charge on any atom is 0.446 e. The second kappa shape index (κ2) is 9.24. The average molecular weight is 376 g/mol. The molecule has 0 spiro atoms. The molecule has 0 atom stereocenters. The third-order valence-electron chi connectivity index (χ3n) is 3.69. The first kappa shape index (κ1) is 19.8. The van der Waals surface area contributed by atoms with Gasteiger partial charge in [-0.2, -0.15) is 13.2 Å². The van der Waals surface area contributed by atoms with Gasteiger partial charge in [0.1, 0.15) is 0 Å². The molecule has 1 aromatic carbocycles. The van der Waals surface area contributed by atoms with E-state index < -0.39 is 5.51 Å². The predicted molar refractivity (Wildman–Crippen MR) is 95.3 cm³/mol. The van der Waals surface area contributed by atoms with Crippen molar-refractivity contribution in [2.75, 3.05) is 44.6 Å². The summed E-state index contributed by atoms with van der Waals surface area (Å²) in [5.41, 5.74) is -3.84. The molecule has 1 fully saturated rings. The van der Waals surface area contributed by atoms with Crippen LogP contribution in [0, 0.1) is 0 Å². The number of rotatable bonds is 7. The summed E-state index contributed by atoms with van der Waals surface area (Å²) >= 11 is 0.818. The van der Waals surface area contributed by atoms with Crippen LogP contribution in [0.4, 0.5) is 18.9 Å². The van der Waals surface area contributed by atoms with Crippen LogP contribution < -0.4 is 10.5 Å². The summed E-state index contributed by atoms with van der Waals surface area (Å²) in [4.78, 5) is 4.86. The predicted octanol–water partition coefficient (Wildman–Crippen LogP) is 2.77. The monoisotopic (exact) mass is 376 g/mol. The van der Waals surface area contributed by atoms with Crippen LogP contribution in [0.2, 0.25) is 0 Å². The maximum atomic E-state index is 12.7. The quantitative estimate of drug-likeness (QED) is 0.330. The zero-order chi connectivity index (χ0) is 17.6. The number of nitrogens with zero attached hydrogens (tertiary/aromatic N) is 2. The van der Waals surface area contributed by atoms with Crippen molar-refractivity contribution in [1.29, 1.82) is 0 Å². The van der Waals surface area contributed by atoms with Gasteiger partial charge in [-0.1, -0.05) is 0 Å². The molecule has 0 amide bonds. The Bertz CT molecular complexity index is 525. The Morgan fingerprint density at radius 1 is 1.21 bits per heavy atom. The molecule has 1 aliphatic rings. The minimum Gasteiger partial charge on any atom is -0.384 e. The van der Waals surface area contributed by atoms with E-state index in [1.807, 2.05) is 0 Å². The van der Waals surface area contributed by atoms with Gasteiger partial charge in [0.25, 0.3) is 0 Å². The number of piperazine rings is 1. The lowest BCUT2D eigenvalue weighted by Crippen LogP contribution is -2.45. The summed E-state index contributed by atoms with van der Waals surface area (Å²) in [7, 11) is 5.71. The first-order chi connectivity index (χ1) is 11.4. The Hall–Kier alpha value is -0.545. The molecule has 3 N–H and O–H groups in total. The van der Waals surface area contributed by atoms with Gasteiger partial charge in [0, 0.05) is 35.1 Å².